The van der Waals surface area contributed by atoms with Crippen LogP contribution in [0.1, 0.15) is 27.6 Å². The Morgan fingerprint density at radius 2 is 1.52 bits per heavy atom. The third-order valence-corrected chi connectivity index (χ3v) is 4.23. The second-order valence-electron chi connectivity index (χ2n) is 6.21. The van der Waals surface area contributed by atoms with Gasteiger partial charge in [0, 0.05) is 34.8 Å². The molecular weight excluding hydrogens is 370 g/mol. The molecule has 0 aliphatic rings. The van der Waals surface area contributed by atoms with Gasteiger partial charge in [-0.3, -0.25) is 9.59 Å². The van der Waals surface area contributed by atoms with Gasteiger partial charge >= 0.3 is 0 Å². The molecule has 7 heteroatoms. The number of benzene rings is 2. The van der Waals surface area contributed by atoms with E-state index in [4.69, 9.17) is 9.47 Å². The number of methoxy groups -OCH3 is 2. The lowest BCUT2D eigenvalue weighted by Gasteiger charge is -2.11. The van der Waals surface area contributed by atoms with E-state index in [-0.39, 0.29) is 11.7 Å². The van der Waals surface area contributed by atoms with Gasteiger partial charge in [-0.2, -0.15) is 0 Å². The number of ketones is 1. The predicted octanol–water partition coefficient (Wildman–Crippen LogP) is 4.30. The number of carbonyl (C=O) groups is 2. The first-order valence-electron chi connectivity index (χ1n) is 8.87. The number of Topliss-reactive ketones (excluding diaryl/α,β-unsaturated/α-hetero) is 1. The summed E-state index contributed by atoms with van der Waals surface area (Å²) in [4.78, 5) is 28.2. The van der Waals surface area contributed by atoms with Crippen LogP contribution in [0.25, 0.3) is 0 Å². The van der Waals surface area contributed by atoms with Crippen LogP contribution in [-0.4, -0.2) is 30.9 Å². The van der Waals surface area contributed by atoms with Gasteiger partial charge in [0.15, 0.2) is 17.3 Å². The molecule has 1 aromatic heterocycles. The fourth-order valence-corrected chi connectivity index (χ4v) is 2.69. The fourth-order valence-electron chi connectivity index (χ4n) is 2.69. The summed E-state index contributed by atoms with van der Waals surface area (Å²) in [5, 5.41) is 5.95. The number of ether oxygens (including phenoxy) is 2. The Bertz CT molecular complexity index is 1030. The number of hydrogen-bond donors (Lipinski definition) is 2. The molecule has 0 fully saturated rings. The van der Waals surface area contributed by atoms with Gasteiger partial charge < -0.3 is 20.1 Å². The number of nitrogens with one attached hydrogen (secondary N) is 2. The van der Waals surface area contributed by atoms with Crippen LogP contribution >= 0.6 is 0 Å². The quantitative estimate of drug-likeness (QED) is 0.584. The molecule has 0 aliphatic carbocycles. The van der Waals surface area contributed by atoms with Crippen molar-refractivity contribution in [2.75, 3.05) is 24.9 Å². The highest BCUT2D eigenvalue weighted by atomic mass is 16.5. The average molecular weight is 391 g/mol. The third-order valence-electron chi connectivity index (χ3n) is 4.23. The first-order chi connectivity index (χ1) is 14.0. The summed E-state index contributed by atoms with van der Waals surface area (Å²) >= 11 is 0. The zero-order chi connectivity index (χ0) is 20.8. The van der Waals surface area contributed by atoms with E-state index in [1.165, 1.54) is 14.0 Å². The molecule has 7 nitrogen and oxygen atoms in total. The van der Waals surface area contributed by atoms with Gasteiger partial charge in [-0.25, -0.2) is 4.98 Å². The lowest BCUT2D eigenvalue weighted by molar-refractivity contribution is 0.101. The Balaban J connectivity index is 1.73. The standard InChI is InChI=1S/C22H21N3O4/c1-14(26)15-4-6-17(7-5-15)24-21-12-16(10-11-23-21)22(27)25-18-8-9-19(28-2)20(13-18)29-3/h4-13H,1-3H3,(H,23,24)(H,25,27). The van der Waals surface area contributed by atoms with Crippen LogP contribution in [0.2, 0.25) is 0 Å². The molecule has 3 rings (SSSR count). The highest BCUT2D eigenvalue weighted by Crippen LogP contribution is 2.30. The van der Waals surface area contributed by atoms with Gasteiger partial charge in [0.25, 0.3) is 5.91 Å². The average Bonchev–Trinajstić information content (AvgIpc) is 2.74. The topological polar surface area (TPSA) is 89.5 Å². The van der Waals surface area contributed by atoms with E-state index in [0.29, 0.717) is 34.1 Å². The Morgan fingerprint density at radius 1 is 0.828 bits per heavy atom. The first kappa shape index (κ1) is 19.9. The summed E-state index contributed by atoms with van der Waals surface area (Å²) in [6.45, 7) is 1.52. The minimum Gasteiger partial charge on any atom is -0.493 e. The number of rotatable bonds is 7. The van der Waals surface area contributed by atoms with Gasteiger partial charge in [-0.15, -0.1) is 0 Å². The smallest absolute Gasteiger partial charge is 0.255 e. The zero-order valence-electron chi connectivity index (χ0n) is 16.4. The van der Waals surface area contributed by atoms with Crippen LogP contribution in [-0.2, 0) is 0 Å². The Labute approximate surface area is 168 Å². The molecule has 0 bridgehead atoms. The van der Waals surface area contributed by atoms with Crippen molar-refractivity contribution in [2.24, 2.45) is 0 Å². The van der Waals surface area contributed by atoms with Crippen molar-refractivity contribution in [1.29, 1.82) is 0 Å². The second kappa shape index (κ2) is 8.88. The summed E-state index contributed by atoms with van der Waals surface area (Å²) in [5.41, 5.74) is 2.42. The molecule has 0 radical (unpaired) electrons. The van der Waals surface area contributed by atoms with Gasteiger partial charge in [0.2, 0.25) is 0 Å². The molecule has 0 atom stereocenters. The number of anilines is 3. The fraction of sp³-hybridized carbons (Fsp3) is 0.136. The van der Waals surface area contributed by atoms with Crippen molar-refractivity contribution in [3.05, 3.63) is 71.9 Å². The molecule has 0 unspecified atom stereocenters. The molecular formula is C22H21N3O4. The summed E-state index contributed by atoms with van der Waals surface area (Å²) in [7, 11) is 3.09. The summed E-state index contributed by atoms with van der Waals surface area (Å²) < 4.78 is 10.5. The largest absolute Gasteiger partial charge is 0.493 e. The monoisotopic (exact) mass is 391 g/mol. The second-order valence-corrected chi connectivity index (χ2v) is 6.21. The summed E-state index contributed by atoms with van der Waals surface area (Å²) in [5.74, 6) is 1.34. The van der Waals surface area contributed by atoms with Crippen LogP contribution in [0.15, 0.2) is 60.8 Å². The maximum Gasteiger partial charge on any atom is 0.255 e. The van der Waals surface area contributed by atoms with E-state index in [1.807, 2.05) is 0 Å². The van der Waals surface area contributed by atoms with Gasteiger partial charge in [-0.05, 0) is 55.5 Å². The van der Waals surface area contributed by atoms with E-state index >= 15 is 0 Å². The maximum absolute atomic E-state index is 12.6. The molecule has 2 aromatic carbocycles. The summed E-state index contributed by atoms with van der Waals surface area (Å²) in [6.07, 6.45) is 1.55. The Morgan fingerprint density at radius 3 is 2.17 bits per heavy atom. The summed E-state index contributed by atoms with van der Waals surface area (Å²) in [6, 6.07) is 15.5. The van der Waals surface area contributed by atoms with Crippen molar-refractivity contribution in [1.82, 2.24) is 4.98 Å². The number of hydrogen-bond acceptors (Lipinski definition) is 6. The van der Waals surface area contributed by atoms with Crippen molar-refractivity contribution >= 4 is 28.9 Å². The minimum absolute atomic E-state index is 0.00325. The van der Waals surface area contributed by atoms with Crippen LogP contribution in [0.4, 0.5) is 17.2 Å². The SMILES string of the molecule is COc1ccc(NC(=O)c2ccnc(Nc3ccc(C(C)=O)cc3)c2)cc1OC. The number of carbonyl (C=O) groups excluding carboxylic acids is 2. The molecule has 3 aromatic rings. The molecule has 29 heavy (non-hydrogen) atoms. The molecule has 1 heterocycles. The highest BCUT2D eigenvalue weighted by Gasteiger charge is 2.10. The van der Waals surface area contributed by atoms with Crippen molar-refractivity contribution in [3.8, 4) is 11.5 Å². The minimum atomic E-state index is -0.283. The van der Waals surface area contributed by atoms with Gasteiger partial charge in [-0.1, -0.05) is 0 Å². The van der Waals surface area contributed by atoms with Crippen molar-refractivity contribution in [3.63, 3.8) is 0 Å². The predicted molar refractivity (Wildman–Crippen MR) is 111 cm³/mol. The van der Waals surface area contributed by atoms with Crippen LogP contribution in [0.3, 0.4) is 0 Å². The number of pyridine rings is 1. The first-order valence-corrected chi connectivity index (χ1v) is 8.87. The lowest BCUT2D eigenvalue weighted by Crippen LogP contribution is -2.12. The molecule has 1 amide bonds. The van der Waals surface area contributed by atoms with E-state index in [0.717, 1.165) is 5.69 Å². The van der Waals surface area contributed by atoms with Crippen LogP contribution in [0.5, 0.6) is 11.5 Å². The van der Waals surface area contributed by atoms with Crippen molar-refractivity contribution < 1.29 is 19.1 Å². The van der Waals surface area contributed by atoms with Gasteiger partial charge in [0.1, 0.15) is 5.82 Å². The zero-order valence-corrected chi connectivity index (χ0v) is 16.4. The number of nitrogens with zero attached hydrogens (tertiary/aromatic N) is 1. The Hall–Kier alpha value is -3.87. The van der Waals surface area contributed by atoms with E-state index < -0.39 is 0 Å². The van der Waals surface area contributed by atoms with Crippen molar-refractivity contribution in [2.45, 2.75) is 6.92 Å². The van der Waals surface area contributed by atoms with Crippen LogP contribution in [0, 0.1) is 0 Å². The van der Waals surface area contributed by atoms with E-state index in [9.17, 15) is 9.59 Å². The molecule has 0 spiro atoms. The molecule has 0 aliphatic heterocycles. The number of aromatic nitrogens is 1. The highest BCUT2D eigenvalue weighted by molar-refractivity contribution is 6.04. The molecule has 0 saturated heterocycles. The van der Waals surface area contributed by atoms with E-state index in [2.05, 4.69) is 15.6 Å². The van der Waals surface area contributed by atoms with Crippen LogP contribution < -0.4 is 20.1 Å². The molecule has 0 saturated carbocycles. The van der Waals surface area contributed by atoms with Gasteiger partial charge in [0.05, 0.1) is 14.2 Å². The third kappa shape index (κ3) is 4.90. The Kier molecular flexibility index (Phi) is 6.09. The molecule has 148 valence electrons. The number of amides is 1. The molecule has 2 N–H and O–H groups in total. The lowest BCUT2D eigenvalue weighted by atomic mass is 10.1. The normalized spacial score (nSPS) is 10.2. The van der Waals surface area contributed by atoms with E-state index in [1.54, 1.807) is 67.9 Å². The maximum atomic E-state index is 12.6.